The lowest BCUT2D eigenvalue weighted by Crippen LogP contribution is -2.33. The van der Waals surface area contributed by atoms with Gasteiger partial charge in [-0.15, -0.1) is 0 Å². The number of fused-ring (bicyclic) bond motifs is 6. The molecule has 5 rings (SSSR count). The summed E-state index contributed by atoms with van der Waals surface area (Å²) in [6.07, 6.45) is 8.13. The molecule has 0 saturated heterocycles. The summed E-state index contributed by atoms with van der Waals surface area (Å²) >= 11 is 0. The van der Waals surface area contributed by atoms with Crippen LogP contribution < -0.4 is 15.4 Å². The Labute approximate surface area is 230 Å². The Morgan fingerprint density at radius 1 is 1.05 bits per heavy atom. The van der Waals surface area contributed by atoms with Crippen molar-refractivity contribution in [3.63, 3.8) is 0 Å². The highest BCUT2D eigenvalue weighted by Crippen LogP contribution is 2.28. The number of likely N-dealkylation sites (N-methyl/N-ethyl adjacent to an activating group) is 1. The van der Waals surface area contributed by atoms with E-state index >= 15 is 0 Å². The van der Waals surface area contributed by atoms with Gasteiger partial charge < -0.3 is 29.6 Å². The highest BCUT2D eigenvalue weighted by Gasteiger charge is 2.10. The summed E-state index contributed by atoms with van der Waals surface area (Å²) in [6.45, 7) is 11.7. The highest BCUT2D eigenvalue weighted by molar-refractivity contribution is 5.85. The molecule has 2 aromatic carbocycles. The van der Waals surface area contributed by atoms with Crippen molar-refractivity contribution in [2.24, 2.45) is 0 Å². The maximum atomic E-state index is 6.16. The van der Waals surface area contributed by atoms with Gasteiger partial charge in [0.1, 0.15) is 12.4 Å². The Bertz CT molecular complexity index is 1400. The average molecular weight is 527 g/mol. The lowest BCUT2D eigenvalue weighted by molar-refractivity contribution is 0.145. The summed E-state index contributed by atoms with van der Waals surface area (Å²) in [6, 6.07) is 16.6. The Morgan fingerprint density at radius 3 is 2.87 bits per heavy atom. The summed E-state index contributed by atoms with van der Waals surface area (Å²) in [7, 11) is 0. The van der Waals surface area contributed by atoms with Gasteiger partial charge in [0, 0.05) is 60.9 Å². The van der Waals surface area contributed by atoms with Gasteiger partial charge in [0.25, 0.3) is 0 Å². The van der Waals surface area contributed by atoms with Crippen LogP contribution in [0.2, 0.25) is 0 Å². The number of allylic oxidation sites excluding steroid dienone is 1. The van der Waals surface area contributed by atoms with E-state index in [2.05, 4.69) is 87.6 Å². The first-order chi connectivity index (χ1) is 19.2. The Kier molecular flexibility index (Phi) is 9.21. The van der Waals surface area contributed by atoms with Crippen molar-refractivity contribution in [1.82, 2.24) is 24.8 Å². The fourth-order valence-corrected chi connectivity index (χ4v) is 4.75. The zero-order valence-corrected chi connectivity index (χ0v) is 22.9. The monoisotopic (exact) mass is 526 g/mol. The number of nitrogens with zero attached hydrogens (tertiary/aromatic N) is 4. The standard InChI is InChI=1S/C31H38N6O2/c1-3-36(4-2)18-14-32-15-20-39-30-10-9-27-21-26(30)23-38-19-6-5-16-37-17-12-24-7-8-25(22-29(24)37)28-11-13-33-31(34-27)35-28/h5-13,17,21-22,32H,3-4,14-16,18-20,23H2,1-2H3,(H,33,34,35)/b6-5-. The van der Waals surface area contributed by atoms with Crippen LogP contribution in [0.4, 0.5) is 11.6 Å². The lowest BCUT2D eigenvalue weighted by Gasteiger charge is -2.18. The molecule has 4 aromatic rings. The largest absolute Gasteiger partial charge is 0.492 e. The number of ether oxygens (including phenoxy) is 2. The maximum absolute atomic E-state index is 6.16. The van der Waals surface area contributed by atoms with E-state index in [-0.39, 0.29) is 0 Å². The second-order valence-corrected chi connectivity index (χ2v) is 9.57. The molecule has 0 spiro atoms. The van der Waals surface area contributed by atoms with Crippen LogP contribution in [-0.4, -0.2) is 65.4 Å². The van der Waals surface area contributed by atoms with Crippen LogP contribution in [0.25, 0.3) is 22.2 Å². The molecule has 39 heavy (non-hydrogen) atoms. The number of rotatable bonds is 9. The van der Waals surface area contributed by atoms with Gasteiger partial charge in [0.15, 0.2) is 0 Å². The minimum absolute atomic E-state index is 0.444. The molecule has 1 aliphatic heterocycles. The Balaban J connectivity index is 1.31. The molecule has 6 bridgehead atoms. The number of benzene rings is 2. The van der Waals surface area contributed by atoms with Crippen LogP contribution >= 0.6 is 0 Å². The Hall–Kier alpha value is -3.72. The van der Waals surface area contributed by atoms with Crippen LogP contribution in [0.5, 0.6) is 5.75 Å². The van der Waals surface area contributed by atoms with Crippen LogP contribution in [0.1, 0.15) is 19.4 Å². The van der Waals surface area contributed by atoms with Gasteiger partial charge in [0.05, 0.1) is 18.9 Å². The second kappa shape index (κ2) is 13.4. The van der Waals surface area contributed by atoms with E-state index in [1.54, 1.807) is 6.20 Å². The van der Waals surface area contributed by atoms with E-state index in [0.717, 1.165) is 67.5 Å². The number of aromatic nitrogens is 3. The van der Waals surface area contributed by atoms with Crippen LogP contribution in [0.3, 0.4) is 0 Å². The molecule has 0 radical (unpaired) electrons. The van der Waals surface area contributed by atoms with E-state index in [1.165, 1.54) is 10.9 Å². The molecule has 0 atom stereocenters. The van der Waals surface area contributed by atoms with Crippen molar-refractivity contribution in [1.29, 1.82) is 0 Å². The summed E-state index contributed by atoms with van der Waals surface area (Å²) < 4.78 is 14.4. The predicted octanol–water partition coefficient (Wildman–Crippen LogP) is 5.24. The number of hydrogen-bond donors (Lipinski definition) is 2. The van der Waals surface area contributed by atoms with Crippen LogP contribution in [0, 0.1) is 0 Å². The first-order valence-corrected chi connectivity index (χ1v) is 13.8. The first-order valence-electron chi connectivity index (χ1n) is 13.8. The molecule has 204 valence electrons. The third-order valence-electron chi connectivity index (χ3n) is 7.02. The number of nitrogens with one attached hydrogen (secondary N) is 2. The second-order valence-electron chi connectivity index (χ2n) is 9.57. The first kappa shape index (κ1) is 26.9. The normalized spacial score (nSPS) is 14.3. The molecule has 2 aromatic heterocycles. The molecule has 0 fully saturated rings. The van der Waals surface area contributed by atoms with Crippen molar-refractivity contribution >= 4 is 22.5 Å². The van der Waals surface area contributed by atoms with Gasteiger partial charge in [-0.2, -0.15) is 0 Å². The molecule has 2 N–H and O–H groups in total. The molecule has 0 amide bonds. The molecule has 3 heterocycles. The lowest BCUT2D eigenvalue weighted by atomic mass is 10.1. The third-order valence-corrected chi connectivity index (χ3v) is 7.02. The molecule has 0 aliphatic carbocycles. The van der Waals surface area contributed by atoms with Gasteiger partial charge in [-0.1, -0.05) is 38.1 Å². The van der Waals surface area contributed by atoms with Gasteiger partial charge in [0.2, 0.25) is 5.95 Å². The predicted molar refractivity (Wildman–Crippen MR) is 158 cm³/mol. The maximum Gasteiger partial charge on any atom is 0.227 e. The molecular formula is C31H38N6O2. The van der Waals surface area contributed by atoms with E-state index in [0.29, 0.717) is 25.8 Å². The smallest absolute Gasteiger partial charge is 0.227 e. The Morgan fingerprint density at radius 2 is 1.97 bits per heavy atom. The third kappa shape index (κ3) is 7.03. The van der Waals surface area contributed by atoms with Gasteiger partial charge >= 0.3 is 0 Å². The summed E-state index contributed by atoms with van der Waals surface area (Å²) in [5.41, 5.74) is 4.97. The fourth-order valence-electron chi connectivity index (χ4n) is 4.75. The molecule has 0 unspecified atom stereocenters. The molecule has 8 nitrogen and oxygen atoms in total. The zero-order valence-electron chi connectivity index (χ0n) is 22.9. The van der Waals surface area contributed by atoms with E-state index in [1.807, 2.05) is 18.2 Å². The summed E-state index contributed by atoms with van der Waals surface area (Å²) in [4.78, 5) is 11.7. The van der Waals surface area contributed by atoms with Crippen LogP contribution in [0.15, 0.2) is 73.1 Å². The van der Waals surface area contributed by atoms with Crippen molar-refractivity contribution in [3.05, 3.63) is 78.6 Å². The van der Waals surface area contributed by atoms with Gasteiger partial charge in [-0.25, -0.2) is 9.97 Å². The van der Waals surface area contributed by atoms with E-state index < -0.39 is 0 Å². The van der Waals surface area contributed by atoms with Crippen molar-refractivity contribution in [3.8, 4) is 17.0 Å². The number of hydrogen-bond acceptors (Lipinski definition) is 7. The SMILES string of the molecule is CCN(CC)CCNCCOc1ccc2cc1COC/C=C\Cn1ccc3ccc(cc31)-c1ccnc(n1)N2. The summed E-state index contributed by atoms with van der Waals surface area (Å²) in [5, 5.41) is 8.05. The summed E-state index contributed by atoms with van der Waals surface area (Å²) in [5.74, 6) is 1.38. The fraction of sp³-hybridized carbons (Fsp3) is 0.355. The highest BCUT2D eigenvalue weighted by atomic mass is 16.5. The topological polar surface area (TPSA) is 76.5 Å². The minimum atomic E-state index is 0.444. The quantitative estimate of drug-likeness (QED) is 0.228. The van der Waals surface area contributed by atoms with Crippen molar-refractivity contribution in [2.75, 3.05) is 51.3 Å². The van der Waals surface area contributed by atoms with E-state index in [9.17, 15) is 0 Å². The van der Waals surface area contributed by atoms with Crippen LogP contribution in [-0.2, 0) is 17.9 Å². The number of anilines is 2. The minimum Gasteiger partial charge on any atom is -0.492 e. The van der Waals surface area contributed by atoms with Crippen molar-refractivity contribution < 1.29 is 9.47 Å². The van der Waals surface area contributed by atoms with E-state index in [4.69, 9.17) is 14.5 Å². The average Bonchev–Trinajstić information content (AvgIpc) is 3.37. The molecule has 8 heteroatoms. The van der Waals surface area contributed by atoms with Gasteiger partial charge in [-0.3, -0.25) is 0 Å². The molecule has 1 aliphatic rings. The zero-order chi connectivity index (χ0) is 26.9. The van der Waals surface area contributed by atoms with Crippen molar-refractivity contribution in [2.45, 2.75) is 27.0 Å². The molecule has 0 saturated carbocycles. The van der Waals surface area contributed by atoms with Gasteiger partial charge in [-0.05, 0) is 54.9 Å². The molecular weight excluding hydrogens is 488 g/mol.